The molecule has 0 aliphatic heterocycles. The summed E-state index contributed by atoms with van der Waals surface area (Å²) in [5.41, 5.74) is 6.75. The number of anilines is 1. The van der Waals surface area contributed by atoms with Crippen molar-refractivity contribution in [3.05, 3.63) is 62.8 Å². The molecule has 19 heavy (non-hydrogen) atoms. The van der Waals surface area contributed by atoms with E-state index in [1.807, 2.05) is 0 Å². The monoisotopic (exact) mass is 341 g/mol. The Morgan fingerprint density at radius 3 is 2.63 bits per heavy atom. The van der Waals surface area contributed by atoms with Crippen LogP contribution in [0.2, 0.25) is 5.02 Å². The zero-order chi connectivity index (χ0) is 14.0. The van der Waals surface area contributed by atoms with E-state index >= 15 is 0 Å². The van der Waals surface area contributed by atoms with Crippen molar-refractivity contribution >= 4 is 39.0 Å². The van der Waals surface area contributed by atoms with Gasteiger partial charge in [0.1, 0.15) is 5.82 Å². The molecule has 0 unspecified atom stereocenters. The van der Waals surface area contributed by atoms with Crippen molar-refractivity contribution in [2.24, 2.45) is 0 Å². The minimum atomic E-state index is -0.419. The number of nitrogen functional groups attached to an aromatic ring is 1. The van der Waals surface area contributed by atoms with Crippen LogP contribution in [-0.2, 0) is 6.42 Å². The first kappa shape index (κ1) is 14.0. The van der Waals surface area contributed by atoms with Gasteiger partial charge in [0.15, 0.2) is 5.78 Å². The van der Waals surface area contributed by atoms with Crippen LogP contribution < -0.4 is 5.73 Å². The van der Waals surface area contributed by atoms with E-state index in [4.69, 9.17) is 17.3 Å². The molecule has 0 aliphatic carbocycles. The predicted octanol–water partition coefficient (Wildman–Crippen LogP) is 4.25. The first-order chi connectivity index (χ1) is 8.95. The Morgan fingerprint density at radius 2 is 2.00 bits per heavy atom. The number of carbonyl (C=O) groups is 1. The molecule has 0 saturated heterocycles. The molecule has 0 bridgehead atoms. The minimum absolute atomic E-state index is 0.0289. The number of benzene rings is 2. The predicted molar refractivity (Wildman–Crippen MR) is 78.0 cm³/mol. The molecule has 98 valence electrons. The maximum Gasteiger partial charge on any atom is 0.167 e. The molecule has 2 rings (SSSR count). The van der Waals surface area contributed by atoms with Gasteiger partial charge in [0.05, 0.1) is 0 Å². The van der Waals surface area contributed by atoms with E-state index in [9.17, 15) is 9.18 Å². The summed E-state index contributed by atoms with van der Waals surface area (Å²) in [5.74, 6) is -0.645. The maximum absolute atomic E-state index is 13.7. The van der Waals surface area contributed by atoms with E-state index in [1.54, 1.807) is 18.2 Å². The van der Waals surface area contributed by atoms with Crippen molar-refractivity contribution in [1.29, 1.82) is 0 Å². The molecular formula is C14H10BrClFNO. The second-order valence-electron chi connectivity index (χ2n) is 4.11. The van der Waals surface area contributed by atoms with Gasteiger partial charge in [-0.05, 0) is 35.9 Å². The lowest BCUT2D eigenvalue weighted by molar-refractivity contribution is 0.0992. The lowest BCUT2D eigenvalue weighted by Crippen LogP contribution is -2.06. The number of rotatable bonds is 3. The fraction of sp³-hybridized carbons (Fsp3) is 0.0714. The van der Waals surface area contributed by atoms with Gasteiger partial charge in [-0.25, -0.2) is 4.39 Å². The Kier molecular flexibility index (Phi) is 4.22. The van der Waals surface area contributed by atoms with Crippen LogP contribution in [0.1, 0.15) is 15.9 Å². The molecule has 0 aliphatic rings. The van der Waals surface area contributed by atoms with Crippen LogP contribution in [0.5, 0.6) is 0 Å². The van der Waals surface area contributed by atoms with E-state index < -0.39 is 5.82 Å². The SMILES string of the molecule is Nc1cc(Cl)cc(C(=O)Cc2ccc(Br)cc2F)c1. The van der Waals surface area contributed by atoms with Crippen LogP contribution in [-0.4, -0.2) is 5.78 Å². The van der Waals surface area contributed by atoms with Crippen molar-refractivity contribution in [2.45, 2.75) is 6.42 Å². The Hall–Kier alpha value is -1.39. The molecule has 0 aromatic heterocycles. The van der Waals surface area contributed by atoms with E-state index in [1.165, 1.54) is 18.2 Å². The van der Waals surface area contributed by atoms with Gasteiger partial charge in [-0.2, -0.15) is 0 Å². The highest BCUT2D eigenvalue weighted by Gasteiger charge is 2.12. The summed E-state index contributed by atoms with van der Waals surface area (Å²) in [4.78, 5) is 12.1. The summed E-state index contributed by atoms with van der Waals surface area (Å²) in [6, 6.07) is 9.21. The minimum Gasteiger partial charge on any atom is -0.399 e. The summed E-state index contributed by atoms with van der Waals surface area (Å²) >= 11 is 9.00. The van der Waals surface area contributed by atoms with Crippen LogP contribution in [0.3, 0.4) is 0 Å². The molecule has 0 atom stereocenters. The molecule has 0 saturated carbocycles. The quantitative estimate of drug-likeness (QED) is 0.669. The number of carbonyl (C=O) groups excluding carboxylic acids is 1. The third-order valence-corrected chi connectivity index (χ3v) is 3.32. The molecule has 5 heteroatoms. The first-order valence-corrected chi connectivity index (χ1v) is 6.66. The molecule has 0 amide bonds. The van der Waals surface area contributed by atoms with Crippen molar-refractivity contribution in [3.63, 3.8) is 0 Å². The second kappa shape index (κ2) is 5.72. The standard InChI is InChI=1S/C14H10BrClFNO/c15-10-2-1-8(13(17)6-10)5-14(19)9-3-11(16)7-12(18)4-9/h1-4,6-7H,5,18H2. The van der Waals surface area contributed by atoms with Crippen LogP contribution >= 0.6 is 27.5 Å². The van der Waals surface area contributed by atoms with Gasteiger partial charge in [-0.15, -0.1) is 0 Å². The fourth-order valence-electron chi connectivity index (χ4n) is 1.71. The third-order valence-electron chi connectivity index (χ3n) is 2.61. The Labute approximate surface area is 123 Å². The Balaban J connectivity index is 2.25. The molecule has 0 heterocycles. The zero-order valence-corrected chi connectivity index (χ0v) is 12.1. The van der Waals surface area contributed by atoms with Gasteiger partial charge in [0.2, 0.25) is 0 Å². The molecule has 0 spiro atoms. The summed E-state index contributed by atoms with van der Waals surface area (Å²) in [6.45, 7) is 0. The van der Waals surface area contributed by atoms with Crippen molar-refractivity contribution in [1.82, 2.24) is 0 Å². The molecule has 2 aromatic rings. The third kappa shape index (κ3) is 3.55. The highest BCUT2D eigenvalue weighted by Crippen LogP contribution is 2.20. The zero-order valence-electron chi connectivity index (χ0n) is 9.79. The first-order valence-electron chi connectivity index (χ1n) is 5.49. The van der Waals surface area contributed by atoms with E-state index in [2.05, 4.69) is 15.9 Å². The number of hydrogen-bond donors (Lipinski definition) is 1. The summed E-state index contributed by atoms with van der Waals surface area (Å²) in [5, 5.41) is 0.389. The number of hydrogen-bond acceptors (Lipinski definition) is 2. The average Bonchev–Trinajstić information content (AvgIpc) is 2.31. The number of nitrogens with two attached hydrogens (primary N) is 1. The van der Waals surface area contributed by atoms with E-state index in [0.29, 0.717) is 26.3 Å². The van der Waals surface area contributed by atoms with Crippen molar-refractivity contribution in [3.8, 4) is 0 Å². The topological polar surface area (TPSA) is 43.1 Å². The highest BCUT2D eigenvalue weighted by molar-refractivity contribution is 9.10. The molecule has 2 nitrogen and oxygen atoms in total. The fourth-order valence-corrected chi connectivity index (χ4v) is 2.29. The summed E-state index contributed by atoms with van der Waals surface area (Å²) in [6.07, 6.45) is -0.0289. The maximum atomic E-state index is 13.7. The number of halogens is 3. The normalized spacial score (nSPS) is 10.5. The molecular weight excluding hydrogens is 333 g/mol. The average molecular weight is 343 g/mol. The smallest absolute Gasteiger partial charge is 0.167 e. The highest BCUT2D eigenvalue weighted by atomic mass is 79.9. The van der Waals surface area contributed by atoms with Crippen LogP contribution in [0.4, 0.5) is 10.1 Å². The molecule has 0 fully saturated rings. The summed E-state index contributed by atoms with van der Waals surface area (Å²) < 4.78 is 14.3. The number of ketones is 1. The van der Waals surface area contributed by atoms with Gasteiger partial charge < -0.3 is 5.73 Å². The van der Waals surface area contributed by atoms with E-state index in [0.717, 1.165) is 0 Å². The van der Waals surface area contributed by atoms with E-state index in [-0.39, 0.29) is 12.2 Å². The lowest BCUT2D eigenvalue weighted by atomic mass is 10.0. The molecule has 2 aromatic carbocycles. The second-order valence-corrected chi connectivity index (χ2v) is 5.46. The summed E-state index contributed by atoms with van der Waals surface area (Å²) in [7, 11) is 0. The van der Waals surface area contributed by atoms with Crippen LogP contribution in [0.15, 0.2) is 40.9 Å². The lowest BCUT2D eigenvalue weighted by Gasteiger charge is -2.05. The Bertz CT molecular complexity index is 625. The Morgan fingerprint density at radius 1 is 1.26 bits per heavy atom. The molecule has 2 N–H and O–H groups in total. The van der Waals surface area contributed by atoms with Crippen LogP contribution in [0.25, 0.3) is 0 Å². The molecule has 0 radical (unpaired) electrons. The van der Waals surface area contributed by atoms with Gasteiger partial charge in [0, 0.05) is 27.2 Å². The van der Waals surface area contributed by atoms with Gasteiger partial charge in [-0.3, -0.25) is 4.79 Å². The van der Waals surface area contributed by atoms with Gasteiger partial charge in [0.25, 0.3) is 0 Å². The van der Waals surface area contributed by atoms with Crippen LogP contribution in [0, 0.1) is 5.82 Å². The van der Waals surface area contributed by atoms with Gasteiger partial charge in [-0.1, -0.05) is 33.6 Å². The van der Waals surface area contributed by atoms with Crippen molar-refractivity contribution in [2.75, 3.05) is 5.73 Å². The number of Topliss-reactive ketones (excluding diaryl/α,β-unsaturated/α-hetero) is 1. The largest absolute Gasteiger partial charge is 0.399 e. The van der Waals surface area contributed by atoms with Gasteiger partial charge >= 0.3 is 0 Å². The van der Waals surface area contributed by atoms with Crippen molar-refractivity contribution < 1.29 is 9.18 Å².